The van der Waals surface area contributed by atoms with Crippen molar-refractivity contribution in [3.05, 3.63) is 39.5 Å². The van der Waals surface area contributed by atoms with Crippen molar-refractivity contribution < 1.29 is 0 Å². The predicted octanol–water partition coefficient (Wildman–Crippen LogP) is 5.15. The molecule has 1 aromatic carbocycles. The maximum Gasteiger partial charge on any atom is 0.133 e. The number of hydrogen-bond acceptors (Lipinski definition) is 1. The summed E-state index contributed by atoms with van der Waals surface area (Å²) in [6.07, 6.45) is 0. The van der Waals surface area contributed by atoms with E-state index >= 15 is 0 Å². The quantitative estimate of drug-likeness (QED) is 0.602. The van der Waals surface area contributed by atoms with Gasteiger partial charge in [0.2, 0.25) is 0 Å². The highest BCUT2D eigenvalue weighted by Gasteiger charge is 2.20. The monoisotopic (exact) mass is 267 g/mol. The van der Waals surface area contributed by atoms with Crippen molar-refractivity contribution in [1.29, 1.82) is 0 Å². The van der Waals surface area contributed by atoms with E-state index in [2.05, 4.69) is 38.7 Å². The fourth-order valence-corrected chi connectivity index (χ4v) is 2.50. The number of hydrogen-bond donors (Lipinski definition) is 0. The predicted molar refractivity (Wildman–Crippen MR) is 75.2 cm³/mol. The number of benzene rings is 1. The van der Waals surface area contributed by atoms with E-state index in [9.17, 15) is 0 Å². The van der Waals surface area contributed by atoms with Crippen LogP contribution in [0.1, 0.15) is 31.9 Å². The highest BCUT2D eigenvalue weighted by Crippen LogP contribution is 2.34. The first-order valence-corrected chi connectivity index (χ1v) is 6.32. The summed E-state index contributed by atoms with van der Waals surface area (Å²) in [7, 11) is 0. The van der Waals surface area contributed by atoms with Gasteiger partial charge in [0, 0.05) is 5.39 Å². The van der Waals surface area contributed by atoms with Gasteiger partial charge in [-0.15, -0.1) is 0 Å². The molecule has 0 bridgehead atoms. The zero-order valence-electron chi connectivity index (χ0n) is 10.4. The van der Waals surface area contributed by atoms with Crippen LogP contribution in [-0.2, 0) is 5.41 Å². The number of halogens is 2. The fraction of sp³-hybridized carbons (Fsp3) is 0.357. The average molecular weight is 268 g/mol. The second kappa shape index (κ2) is 4.15. The zero-order valence-corrected chi connectivity index (χ0v) is 11.9. The van der Waals surface area contributed by atoms with E-state index in [-0.39, 0.29) is 5.41 Å². The molecule has 0 spiro atoms. The zero-order chi connectivity index (χ0) is 12.8. The normalized spacial score (nSPS) is 12.1. The standard InChI is InChI=1S/C14H15Cl2N/c1-8-5-6-11(15)12-9(8)7-10(13(16)17-12)14(2,3)4/h5-7H,1-4H3. The van der Waals surface area contributed by atoms with Gasteiger partial charge in [-0.3, -0.25) is 0 Å². The Bertz CT molecular complexity index is 583. The van der Waals surface area contributed by atoms with Gasteiger partial charge in [0.15, 0.2) is 0 Å². The van der Waals surface area contributed by atoms with Gasteiger partial charge in [0.25, 0.3) is 0 Å². The minimum atomic E-state index is -0.0208. The van der Waals surface area contributed by atoms with Crippen molar-refractivity contribution in [3.63, 3.8) is 0 Å². The van der Waals surface area contributed by atoms with Crippen LogP contribution in [0.15, 0.2) is 18.2 Å². The van der Waals surface area contributed by atoms with Crippen LogP contribution in [0.2, 0.25) is 10.2 Å². The molecule has 0 saturated carbocycles. The lowest BCUT2D eigenvalue weighted by Crippen LogP contribution is -2.12. The molecule has 17 heavy (non-hydrogen) atoms. The van der Waals surface area contributed by atoms with E-state index in [0.29, 0.717) is 10.2 Å². The minimum absolute atomic E-state index is 0.0208. The molecule has 1 heterocycles. The molecule has 0 saturated heterocycles. The molecule has 0 N–H and O–H groups in total. The van der Waals surface area contributed by atoms with Gasteiger partial charge in [-0.1, -0.05) is 50.0 Å². The second-order valence-corrected chi connectivity index (χ2v) is 6.10. The van der Waals surface area contributed by atoms with E-state index in [0.717, 1.165) is 16.5 Å². The van der Waals surface area contributed by atoms with Gasteiger partial charge < -0.3 is 0 Å². The first-order valence-electron chi connectivity index (χ1n) is 5.56. The lowest BCUT2D eigenvalue weighted by molar-refractivity contribution is 0.589. The summed E-state index contributed by atoms with van der Waals surface area (Å²) in [5.74, 6) is 0. The van der Waals surface area contributed by atoms with Gasteiger partial charge in [-0.2, -0.15) is 0 Å². The average Bonchev–Trinajstić information content (AvgIpc) is 2.21. The van der Waals surface area contributed by atoms with E-state index in [1.807, 2.05) is 12.1 Å². The van der Waals surface area contributed by atoms with Crippen molar-refractivity contribution in [2.24, 2.45) is 0 Å². The van der Waals surface area contributed by atoms with Crippen LogP contribution in [0, 0.1) is 6.92 Å². The summed E-state index contributed by atoms with van der Waals surface area (Å²) in [6.45, 7) is 8.44. The Morgan fingerprint density at radius 3 is 2.35 bits per heavy atom. The number of nitrogens with zero attached hydrogens (tertiary/aromatic N) is 1. The summed E-state index contributed by atoms with van der Waals surface area (Å²) in [5.41, 5.74) is 2.98. The largest absolute Gasteiger partial charge is 0.234 e. The molecular weight excluding hydrogens is 253 g/mol. The van der Waals surface area contributed by atoms with E-state index in [1.165, 1.54) is 5.56 Å². The minimum Gasteiger partial charge on any atom is -0.234 e. The molecule has 2 aromatic rings. The number of aromatic nitrogens is 1. The van der Waals surface area contributed by atoms with Crippen LogP contribution < -0.4 is 0 Å². The van der Waals surface area contributed by atoms with Gasteiger partial charge in [-0.05, 0) is 35.6 Å². The Morgan fingerprint density at radius 2 is 1.76 bits per heavy atom. The molecule has 0 aliphatic carbocycles. The van der Waals surface area contributed by atoms with Crippen molar-refractivity contribution in [2.45, 2.75) is 33.1 Å². The fourth-order valence-electron chi connectivity index (χ4n) is 1.87. The topological polar surface area (TPSA) is 12.9 Å². The third-order valence-corrected chi connectivity index (χ3v) is 3.51. The summed E-state index contributed by atoms with van der Waals surface area (Å²) >= 11 is 12.4. The van der Waals surface area contributed by atoms with Crippen molar-refractivity contribution >= 4 is 34.1 Å². The first kappa shape index (κ1) is 12.7. The molecule has 0 atom stereocenters. The van der Waals surface area contributed by atoms with E-state index in [1.54, 1.807) is 0 Å². The lowest BCUT2D eigenvalue weighted by Gasteiger charge is -2.21. The summed E-state index contributed by atoms with van der Waals surface area (Å²) in [5, 5.41) is 2.26. The molecule has 2 rings (SSSR count). The molecule has 0 aliphatic heterocycles. The summed E-state index contributed by atoms with van der Waals surface area (Å²) < 4.78 is 0. The SMILES string of the molecule is Cc1ccc(Cl)c2nc(Cl)c(C(C)(C)C)cc12. The third kappa shape index (κ3) is 2.27. The Balaban J connectivity index is 2.85. The number of aryl methyl sites for hydroxylation is 1. The van der Waals surface area contributed by atoms with Gasteiger partial charge in [0.1, 0.15) is 5.15 Å². The van der Waals surface area contributed by atoms with Crippen LogP contribution >= 0.6 is 23.2 Å². The van der Waals surface area contributed by atoms with Crippen molar-refractivity contribution in [2.75, 3.05) is 0 Å². The Kier molecular flexibility index (Phi) is 3.09. The smallest absolute Gasteiger partial charge is 0.133 e. The molecule has 0 aliphatic rings. The Morgan fingerprint density at radius 1 is 1.12 bits per heavy atom. The Hall–Kier alpha value is -0.790. The highest BCUT2D eigenvalue weighted by molar-refractivity contribution is 6.36. The molecule has 0 fully saturated rings. The van der Waals surface area contributed by atoms with Gasteiger partial charge >= 0.3 is 0 Å². The molecule has 1 aromatic heterocycles. The van der Waals surface area contributed by atoms with Crippen LogP contribution in [-0.4, -0.2) is 4.98 Å². The number of rotatable bonds is 0. The third-order valence-electron chi connectivity index (χ3n) is 2.91. The van der Waals surface area contributed by atoms with Crippen LogP contribution in [0.4, 0.5) is 0 Å². The van der Waals surface area contributed by atoms with Crippen LogP contribution in [0.5, 0.6) is 0 Å². The molecule has 90 valence electrons. The molecule has 0 amide bonds. The molecule has 3 heteroatoms. The number of pyridine rings is 1. The molecule has 0 unspecified atom stereocenters. The summed E-state index contributed by atoms with van der Waals surface area (Å²) in [4.78, 5) is 4.44. The maximum absolute atomic E-state index is 6.24. The molecule has 0 radical (unpaired) electrons. The highest BCUT2D eigenvalue weighted by atomic mass is 35.5. The van der Waals surface area contributed by atoms with Crippen molar-refractivity contribution in [1.82, 2.24) is 4.98 Å². The maximum atomic E-state index is 6.24. The van der Waals surface area contributed by atoms with Crippen molar-refractivity contribution in [3.8, 4) is 0 Å². The van der Waals surface area contributed by atoms with Crippen LogP contribution in [0.3, 0.4) is 0 Å². The molecule has 1 nitrogen and oxygen atoms in total. The van der Waals surface area contributed by atoms with E-state index < -0.39 is 0 Å². The van der Waals surface area contributed by atoms with Crippen LogP contribution in [0.25, 0.3) is 10.9 Å². The molecular formula is C14H15Cl2N. The van der Waals surface area contributed by atoms with Gasteiger partial charge in [-0.25, -0.2) is 4.98 Å². The van der Waals surface area contributed by atoms with E-state index in [4.69, 9.17) is 23.2 Å². The van der Waals surface area contributed by atoms with Gasteiger partial charge in [0.05, 0.1) is 10.5 Å². The first-order chi connectivity index (χ1) is 7.80. The second-order valence-electron chi connectivity index (χ2n) is 5.34. The Labute approximate surface area is 112 Å². The summed E-state index contributed by atoms with van der Waals surface area (Å²) in [6, 6.07) is 5.97. The number of fused-ring (bicyclic) bond motifs is 1. The lowest BCUT2D eigenvalue weighted by atomic mass is 9.87.